The third kappa shape index (κ3) is 19.7. The number of azide groups is 1. The van der Waals surface area contributed by atoms with Crippen molar-refractivity contribution < 1.29 is 52.3 Å². The van der Waals surface area contributed by atoms with E-state index in [0.717, 1.165) is 11.1 Å². The fourth-order valence-electron chi connectivity index (χ4n) is 4.79. The van der Waals surface area contributed by atoms with Gasteiger partial charge in [0, 0.05) is 31.1 Å². The molecule has 0 spiro atoms. The molecule has 18 nitrogen and oxygen atoms in total. The molecule has 0 unspecified atom stereocenters. The Morgan fingerprint density at radius 2 is 1.58 bits per heavy atom. The number of methoxy groups -OCH3 is 1. The number of amides is 3. The summed E-state index contributed by atoms with van der Waals surface area (Å²) in [6.45, 7) is 13.7. The first-order chi connectivity index (χ1) is 25.1. The Balaban J connectivity index is 1.96. The van der Waals surface area contributed by atoms with Crippen LogP contribution in [0.3, 0.4) is 0 Å². The molecule has 296 valence electrons. The van der Waals surface area contributed by atoms with Crippen LogP contribution in [0.4, 0.5) is 9.59 Å². The summed E-state index contributed by atoms with van der Waals surface area (Å²) in [6.07, 6.45) is -0.865. The first-order valence-corrected chi connectivity index (χ1v) is 17.5. The number of carbonyl (C=O) groups is 4. The number of carbonyl (C=O) groups excluding carboxylic acids is 4. The molecule has 1 aromatic carbocycles. The van der Waals surface area contributed by atoms with Gasteiger partial charge in [0.2, 0.25) is 11.9 Å². The van der Waals surface area contributed by atoms with Gasteiger partial charge in [0.15, 0.2) is 0 Å². The van der Waals surface area contributed by atoms with Gasteiger partial charge < -0.3 is 43.4 Å². The van der Waals surface area contributed by atoms with Gasteiger partial charge in [0.05, 0.1) is 65.7 Å². The molecule has 1 aliphatic rings. The van der Waals surface area contributed by atoms with E-state index in [-0.39, 0.29) is 44.6 Å². The van der Waals surface area contributed by atoms with Crippen molar-refractivity contribution in [3.63, 3.8) is 0 Å². The summed E-state index contributed by atoms with van der Waals surface area (Å²) in [6, 6.07) is 5.59. The Labute approximate surface area is 310 Å². The van der Waals surface area contributed by atoms with Gasteiger partial charge in [0.1, 0.15) is 17.0 Å². The number of hydrogen-bond donors (Lipinski definition) is 2. The first-order valence-electron chi connectivity index (χ1n) is 17.5. The number of alkyl carbamates (subject to hydrolysis) is 1. The van der Waals surface area contributed by atoms with Crippen molar-refractivity contribution in [2.24, 2.45) is 16.0 Å². The van der Waals surface area contributed by atoms with Crippen molar-refractivity contribution in [1.82, 2.24) is 15.5 Å². The van der Waals surface area contributed by atoms with Crippen molar-refractivity contribution in [3.8, 4) is 5.75 Å². The van der Waals surface area contributed by atoms with Crippen molar-refractivity contribution in [2.75, 3.05) is 73.0 Å². The summed E-state index contributed by atoms with van der Waals surface area (Å²) >= 11 is 0. The largest absolute Gasteiger partial charge is 0.494 e. The number of rotatable bonds is 19. The van der Waals surface area contributed by atoms with E-state index in [1.54, 1.807) is 46.4 Å². The van der Waals surface area contributed by atoms with Crippen LogP contribution in [0, 0.1) is 5.92 Å². The van der Waals surface area contributed by atoms with E-state index in [0.29, 0.717) is 64.7 Å². The van der Waals surface area contributed by atoms with Crippen LogP contribution in [0.25, 0.3) is 10.4 Å². The van der Waals surface area contributed by atoms with Gasteiger partial charge in [-0.25, -0.2) is 9.59 Å². The average molecular weight is 750 g/mol. The molecule has 1 aromatic rings. The predicted molar refractivity (Wildman–Crippen MR) is 193 cm³/mol. The minimum atomic E-state index is -0.877. The molecule has 0 bridgehead atoms. The highest BCUT2D eigenvalue weighted by Gasteiger charge is 2.31. The topological polar surface area (TPSA) is 221 Å². The lowest BCUT2D eigenvalue weighted by atomic mass is 9.94. The van der Waals surface area contributed by atoms with Gasteiger partial charge in [-0.05, 0) is 83.2 Å². The Bertz CT molecular complexity index is 1420. The molecule has 2 rings (SSSR count). The van der Waals surface area contributed by atoms with Crippen LogP contribution in [0.15, 0.2) is 28.3 Å². The van der Waals surface area contributed by atoms with E-state index in [4.69, 9.17) is 38.7 Å². The van der Waals surface area contributed by atoms with E-state index < -0.39 is 35.3 Å². The molecule has 0 saturated carbocycles. The van der Waals surface area contributed by atoms with Gasteiger partial charge in [0.25, 0.3) is 0 Å². The van der Waals surface area contributed by atoms with Gasteiger partial charge >= 0.3 is 18.2 Å². The molecule has 2 N–H and O–H groups in total. The number of esters is 1. The Morgan fingerprint density at radius 1 is 0.925 bits per heavy atom. The molecule has 0 aliphatic carbocycles. The molecule has 3 amide bonds. The zero-order valence-electron chi connectivity index (χ0n) is 31.9. The predicted octanol–water partition coefficient (Wildman–Crippen LogP) is 4.29. The van der Waals surface area contributed by atoms with E-state index in [1.807, 2.05) is 18.2 Å². The molecule has 1 atom stereocenters. The molecule has 18 heteroatoms. The van der Waals surface area contributed by atoms with E-state index in [1.165, 1.54) is 7.11 Å². The normalized spacial score (nSPS) is 14.7. The smallest absolute Gasteiger partial charge is 0.437 e. The lowest BCUT2D eigenvalue weighted by Crippen LogP contribution is -2.44. The van der Waals surface area contributed by atoms with Crippen LogP contribution in [0.5, 0.6) is 5.75 Å². The molecule has 0 radical (unpaired) electrons. The number of nitrogens with zero attached hydrogens (tertiary/aromatic N) is 5. The van der Waals surface area contributed by atoms with E-state index in [9.17, 15) is 19.2 Å². The standard InChI is InChI=1S/C35H55N7O11/c1-34(2,3)52-32(45)39-31(40-33(46)53-35(4,5)6)37-11-8-14-51-28-10-9-25-21-26(23-29(43)47-7)30(44)42(24-27(25)22-28)13-16-49-18-20-50-19-17-48-15-12-38-41-36/h9-10,22,26H,8,11-21,23-24H2,1-7H3,(H2,37,39,40,45,46)/t26-/m0/s1. The summed E-state index contributed by atoms with van der Waals surface area (Å²) in [5.74, 6) is -0.745. The van der Waals surface area contributed by atoms with Gasteiger partial charge in [-0.1, -0.05) is 11.2 Å². The maximum atomic E-state index is 13.5. The monoisotopic (exact) mass is 749 g/mol. The third-order valence-corrected chi connectivity index (χ3v) is 7.05. The third-order valence-electron chi connectivity index (χ3n) is 7.05. The number of ether oxygens (including phenoxy) is 7. The molecular formula is C35H55N7O11. The zero-order chi connectivity index (χ0) is 39.3. The maximum absolute atomic E-state index is 13.5. The van der Waals surface area contributed by atoms with Crippen molar-refractivity contribution in [2.45, 2.75) is 78.6 Å². The number of nitrogens with one attached hydrogen (secondary N) is 2. The lowest BCUT2D eigenvalue weighted by molar-refractivity contribution is -0.147. The highest BCUT2D eigenvalue weighted by molar-refractivity contribution is 5.98. The summed E-state index contributed by atoms with van der Waals surface area (Å²) in [5, 5.41) is 8.76. The second-order valence-corrected chi connectivity index (χ2v) is 13.9. The summed E-state index contributed by atoms with van der Waals surface area (Å²) in [5.41, 5.74) is 8.54. The van der Waals surface area contributed by atoms with Gasteiger partial charge in [-0.3, -0.25) is 14.9 Å². The number of aliphatic imine (C=N–C) groups is 1. The van der Waals surface area contributed by atoms with Crippen LogP contribution in [-0.4, -0.2) is 119 Å². The Kier molecular flexibility index (Phi) is 19.4. The molecule has 1 aliphatic heterocycles. The molecule has 53 heavy (non-hydrogen) atoms. The minimum Gasteiger partial charge on any atom is -0.494 e. The molecule has 0 aromatic heterocycles. The van der Waals surface area contributed by atoms with Gasteiger partial charge in [-0.2, -0.15) is 0 Å². The number of hydrogen-bond acceptors (Lipinski definition) is 12. The fraction of sp³-hybridized carbons (Fsp3) is 0.686. The van der Waals surface area contributed by atoms with Crippen LogP contribution >= 0.6 is 0 Å². The number of fused-ring (bicyclic) bond motifs is 1. The lowest BCUT2D eigenvalue weighted by Gasteiger charge is -2.24. The van der Waals surface area contributed by atoms with Crippen LogP contribution < -0.4 is 15.4 Å². The molecule has 0 fully saturated rings. The second kappa shape index (κ2) is 23.1. The Hall–Kier alpha value is -4.64. The minimum absolute atomic E-state index is 0.0435. The highest BCUT2D eigenvalue weighted by atomic mass is 16.6. The first kappa shape index (κ1) is 44.5. The number of benzene rings is 1. The molecule has 0 saturated heterocycles. The van der Waals surface area contributed by atoms with E-state index in [2.05, 4.69) is 25.7 Å². The fourth-order valence-corrected chi connectivity index (χ4v) is 4.79. The van der Waals surface area contributed by atoms with Crippen LogP contribution in [0.1, 0.15) is 65.5 Å². The summed E-state index contributed by atoms with van der Waals surface area (Å²) in [4.78, 5) is 58.5. The number of guanidine groups is 1. The molecule has 1 heterocycles. The van der Waals surface area contributed by atoms with Crippen molar-refractivity contribution in [1.29, 1.82) is 0 Å². The maximum Gasteiger partial charge on any atom is 0.437 e. The SMILES string of the molecule is COC(=O)C[C@@H]1Cc2ccc(OCCCN/C(=N\C(=O)OC(C)(C)C)NC(=O)OC(C)(C)C)cc2CN(CCOCCOCCOCCN=[N+]=[N-])C1=O. The average Bonchev–Trinajstić information content (AvgIpc) is 3.18. The highest BCUT2D eigenvalue weighted by Crippen LogP contribution is 2.28. The molecular weight excluding hydrogens is 694 g/mol. The van der Waals surface area contributed by atoms with E-state index >= 15 is 0 Å². The van der Waals surface area contributed by atoms with Crippen LogP contribution in [0.2, 0.25) is 0 Å². The Morgan fingerprint density at radius 3 is 2.23 bits per heavy atom. The summed E-state index contributed by atoms with van der Waals surface area (Å²) in [7, 11) is 1.30. The van der Waals surface area contributed by atoms with Gasteiger partial charge in [-0.15, -0.1) is 4.99 Å². The zero-order valence-corrected chi connectivity index (χ0v) is 31.9. The van der Waals surface area contributed by atoms with Crippen molar-refractivity contribution >= 4 is 30.0 Å². The quantitative estimate of drug-likeness (QED) is 0.0296. The van der Waals surface area contributed by atoms with Crippen molar-refractivity contribution in [3.05, 3.63) is 39.8 Å². The van der Waals surface area contributed by atoms with Crippen LogP contribution in [-0.2, 0) is 51.0 Å². The second-order valence-electron chi connectivity index (χ2n) is 13.9. The summed E-state index contributed by atoms with van der Waals surface area (Å²) < 4.78 is 37.9.